The van der Waals surface area contributed by atoms with Gasteiger partial charge in [-0.25, -0.2) is 0 Å². The van der Waals surface area contributed by atoms with Gasteiger partial charge in [-0.3, -0.25) is 4.79 Å². The third-order valence-electron chi connectivity index (χ3n) is 2.60. The first-order chi connectivity index (χ1) is 7.54. The van der Waals surface area contributed by atoms with Crippen LogP contribution in [0.2, 0.25) is 0 Å². The Morgan fingerprint density at radius 3 is 2.25 bits per heavy atom. The van der Waals surface area contributed by atoms with Crippen molar-refractivity contribution in [3.05, 3.63) is 29.8 Å². The Bertz CT molecular complexity index is 345. The van der Waals surface area contributed by atoms with Crippen molar-refractivity contribution in [1.29, 1.82) is 0 Å². The summed E-state index contributed by atoms with van der Waals surface area (Å²) in [5.74, 6) is 0.229. The van der Waals surface area contributed by atoms with Gasteiger partial charge in [0, 0.05) is 17.4 Å². The summed E-state index contributed by atoms with van der Waals surface area (Å²) in [7, 11) is 4.02. The average molecular weight is 237 g/mol. The molecule has 1 rings (SSSR count). The molecule has 0 fully saturated rings. The zero-order valence-corrected chi connectivity index (χ0v) is 11.2. The Morgan fingerprint density at radius 2 is 1.88 bits per heavy atom. The van der Waals surface area contributed by atoms with E-state index in [0.29, 0.717) is 6.42 Å². The lowest BCUT2D eigenvalue weighted by Gasteiger charge is -2.23. The minimum absolute atomic E-state index is 0.188. The molecule has 88 valence electrons. The number of carbonyl (C=O) groups excluding carboxylic acids is 1. The van der Waals surface area contributed by atoms with E-state index in [4.69, 9.17) is 0 Å². The van der Waals surface area contributed by atoms with E-state index in [2.05, 4.69) is 35.4 Å². The van der Waals surface area contributed by atoms with Crippen molar-refractivity contribution in [2.45, 2.75) is 24.3 Å². The van der Waals surface area contributed by atoms with Crippen LogP contribution in [0, 0.1) is 0 Å². The Morgan fingerprint density at radius 1 is 1.31 bits per heavy atom. The molecule has 0 saturated heterocycles. The van der Waals surface area contributed by atoms with E-state index in [0.717, 1.165) is 0 Å². The molecule has 0 bridgehead atoms. The number of hydrogen-bond donors (Lipinski definition) is 0. The molecule has 0 aliphatic rings. The van der Waals surface area contributed by atoms with Gasteiger partial charge in [-0.1, -0.05) is 12.1 Å². The van der Waals surface area contributed by atoms with Gasteiger partial charge >= 0.3 is 0 Å². The fraction of sp³-hybridized carbons (Fsp3) is 0.462. The maximum atomic E-state index is 11.2. The van der Waals surface area contributed by atoms with Gasteiger partial charge in [-0.05, 0) is 45.0 Å². The molecule has 1 aromatic rings. The monoisotopic (exact) mass is 237 g/mol. The van der Waals surface area contributed by atoms with Crippen LogP contribution in [0.25, 0.3) is 0 Å². The largest absolute Gasteiger partial charge is 0.302 e. The van der Waals surface area contributed by atoms with Crippen LogP contribution in [0.15, 0.2) is 29.2 Å². The SMILES string of the molecule is CSc1ccc(C(CC(C)=O)N(C)C)cc1. The standard InChI is InChI=1S/C13H19NOS/c1-10(15)9-13(14(2)3)11-5-7-12(16-4)8-6-11/h5-8,13H,9H2,1-4H3. The van der Waals surface area contributed by atoms with Gasteiger partial charge in [0.25, 0.3) is 0 Å². The van der Waals surface area contributed by atoms with E-state index in [1.807, 2.05) is 14.1 Å². The van der Waals surface area contributed by atoms with Crippen LogP contribution in [0.1, 0.15) is 24.9 Å². The highest BCUT2D eigenvalue weighted by atomic mass is 32.2. The van der Waals surface area contributed by atoms with Crippen molar-refractivity contribution < 1.29 is 4.79 Å². The third kappa shape index (κ3) is 3.65. The predicted octanol–water partition coefficient (Wildman–Crippen LogP) is 2.99. The molecule has 0 heterocycles. The molecule has 16 heavy (non-hydrogen) atoms. The smallest absolute Gasteiger partial charge is 0.131 e. The Balaban J connectivity index is 2.88. The third-order valence-corrected chi connectivity index (χ3v) is 3.35. The summed E-state index contributed by atoms with van der Waals surface area (Å²) in [6.45, 7) is 1.65. The normalized spacial score (nSPS) is 12.8. The Kier molecular flexibility index (Phi) is 5.03. The molecule has 0 aliphatic heterocycles. The molecule has 0 amide bonds. The molecule has 0 N–H and O–H groups in total. The second-order valence-electron chi connectivity index (χ2n) is 4.16. The topological polar surface area (TPSA) is 20.3 Å². The number of ketones is 1. The van der Waals surface area contributed by atoms with Gasteiger partial charge in [0.2, 0.25) is 0 Å². The summed E-state index contributed by atoms with van der Waals surface area (Å²) in [5, 5.41) is 0. The number of Topliss-reactive ketones (excluding diaryl/α,β-unsaturated/α-hetero) is 1. The van der Waals surface area contributed by atoms with Crippen LogP contribution in [0.3, 0.4) is 0 Å². The Hall–Kier alpha value is -0.800. The van der Waals surface area contributed by atoms with E-state index in [-0.39, 0.29) is 11.8 Å². The van der Waals surface area contributed by atoms with Crippen molar-refractivity contribution in [2.75, 3.05) is 20.4 Å². The molecule has 1 unspecified atom stereocenters. The van der Waals surface area contributed by atoms with Gasteiger partial charge in [-0.15, -0.1) is 11.8 Å². The summed E-state index contributed by atoms with van der Waals surface area (Å²) in [6.07, 6.45) is 2.64. The molecule has 0 aliphatic carbocycles. The molecule has 2 nitrogen and oxygen atoms in total. The van der Waals surface area contributed by atoms with E-state index >= 15 is 0 Å². The van der Waals surface area contributed by atoms with Gasteiger partial charge in [0.1, 0.15) is 5.78 Å². The first-order valence-corrected chi connectivity index (χ1v) is 6.57. The van der Waals surface area contributed by atoms with E-state index < -0.39 is 0 Å². The predicted molar refractivity (Wildman–Crippen MR) is 69.9 cm³/mol. The lowest BCUT2D eigenvalue weighted by Crippen LogP contribution is -2.22. The van der Waals surface area contributed by atoms with Crippen molar-refractivity contribution in [1.82, 2.24) is 4.90 Å². The number of thioether (sulfide) groups is 1. The molecule has 0 saturated carbocycles. The highest BCUT2D eigenvalue weighted by molar-refractivity contribution is 7.98. The number of nitrogens with zero attached hydrogens (tertiary/aromatic N) is 1. The molecular formula is C13H19NOS. The van der Waals surface area contributed by atoms with Crippen LogP contribution in [0.5, 0.6) is 0 Å². The van der Waals surface area contributed by atoms with Crippen LogP contribution in [0.4, 0.5) is 0 Å². The van der Waals surface area contributed by atoms with Crippen molar-refractivity contribution >= 4 is 17.5 Å². The van der Waals surface area contributed by atoms with Gasteiger partial charge < -0.3 is 4.90 Å². The van der Waals surface area contributed by atoms with E-state index in [9.17, 15) is 4.79 Å². The van der Waals surface area contributed by atoms with E-state index in [1.54, 1.807) is 18.7 Å². The van der Waals surface area contributed by atoms with Crippen molar-refractivity contribution in [3.63, 3.8) is 0 Å². The lowest BCUT2D eigenvalue weighted by atomic mass is 10.0. The number of rotatable bonds is 5. The van der Waals surface area contributed by atoms with Crippen LogP contribution in [-0.4, -0.2) is 31.0 Å². The first kappa shape index (κ1) is 13.3. The van der Waals surface area contributed by atoms with Crippen LogP contribution >= 0.6 is 11.8 Å². The van der Waals surface area contributed by atoms with Gasteiger partial charge in [0.05, 0.1) is 0 Å². The maximum absolute atomic E-state index is 11.2. The average Bonchev–Trinajstić information content (AvgIpc) is 2.25. The molecule has 1 aromatic carbocycles. The zero-order valence-electron chi connectivity index (χ0n) is 10.4. The Labute approximate surface area is 102 Å². The number of benzene rings is 1. The molecule has 3 heteroatoms. The van der Waals surface area contributed by atoms with Gasteiger partial charge in [-0.2, -0.15) is 0 Å². The summed E-state index contributed by atoms with van der Waals surface area (Å²) in [5.41, 5.74) is 1.21. The maximum Gasteiger partial charge on any atom is 0.131 e. The number of carbonyl (C=O) groups is 1. The minimum atomic E-state index is 0.188. The summed E-state index contributed by atoms with van der Waals surface area (Å²) < 4.78 is 0. The first-order valence-electron chi connectivity index (χ1n) is 5.34. The van der Waals surface area contributed by atoms with Gasteiger partial charge in [0.15, 0.2) is 0 Å². The summed E-state index contributed by atoms with van der Waals surface area (Å²) in [4.78, 5) is 14.6. The second kappa shape index (κ2) is 6.06. The fourth-order valence-corrected chi connectivity index (χ4v) is 2.11. The van der Waals surface area contributed by atoms with Crippen LogP contribution in [-0.2, 0) is 4.79 Å². The highest BCUT2D eigenvalue weighted by Crippen LogP contribution is 2.24. The van der Waals surface area contributed by atoms with E-state index in [1.165, 1.54) is 10.5 Å². The molecular weight excluding hydrogens is 218 g/mol. The highest BCUT2D eigenvalue weighted by Gasteiger charge is 2.15. The summed E-state index contributed by atoms with van der Waals surface area (Å²) in [6, 6.07) is 8.62. The molecule has 1 atom stereocenters. The van der Waals surface area contributed by atoms with Crippen molar-refractivity contribution in [2.24, 2.45) is 0 Å². The fourth-order valence-electron chi connectivity index (χ4n) is 1.70. The second-order valence-corrected chi connectivity index (χ2v) is 5.04. The molecule has 0 spiro atoms. The van der Waals surface area contributed by atoms with Crippen LogP contribution < -0.4 is 0 Å². The lowest BCUT2D eigenvalue weighted by molar-refractivity contribution is -0.118. The summed E-state index contributed by atoms with van der Waals surface area (Å²) >= 11 is 1.73. The quantitative estimate of drug-likeness (QED) is 0.734. The molecule has 0 aromatic heterocycles. The molecule has 0 radical (unpaired) electrons. The minimum Gasteiger partial charge on any atom is -0.302 e. The zero-order chi connectivity index (χ0) is 12.1. The van der Waals surface area contributed by atoms with Crippen molar-refractivity contribution in [3.8, 4) is 0 Å². The number of hydrogen-bond acceptors (Lipinski definition) is 3.